The standard InChI is InChI=1S/C19H28N2O3/c1-13-4-5-14(2)15(6-13)8-21-9-17-16(11-24-18(17)10-21)7-20-19(22)12-23-3/h4-6,16-18H,7-12H2,1-3H3,(H,20,22)/t16-,17+,18+/m0/s1. The van der Waals surface area contributed by atoms with Gasteiger partial charge in [-0.25, -0.2) is 0 Å². The summed E-state index contributed by atoms with van der Waals surface area (Å²) in [5.41, 5.74) is 4.06. The zero-order valence-electron chi connectivity index (χ0n) is 14.9. The van der Waals surface area contributed by atoms with Crippen molar-refractivity contribution in [3.63, 3.8) is 0 Å². The van der Waals surface area contributed by atoms with Gasteiger partial charge in [0, 0.05) is 45.1 Å². The lowest BCUT2D eigenvalue weighted by Crippen LogP contribution is -2.35. The molecule has 0 aliphatic carbocycles. The molecule has 1 aromatic carbocycles. The fraction of sp³-hybridized carbons (Fsp3) is 0.632. The van der Waals surface area contributed by atoms with E-state index in [9.17, 15) is 4.79 Å². The van der Waals surface area contributed by atoms with Crippen LogP contribution in [-0.2, 0) is 20.8 Å². The Kier molecular flexibility index (Phi) is 5.54. The molecule has 1 aromatic rings. The first-order valence-corrected chi connectivity index (χ1v) is 8.72. The molecule has 0 saturated carbocycles. The van der Waals surface area contributed by atoms with Gasteiger partial charge in [-0.15, -0.1) is 0 Å². The Bertz CT molecular complexity index is 590. The van der Waals surface area contributed by atoms with E-state index in [0.717, 1.165) is 26.2 Å². The van der Waals surface area contributed by atoms with Gasteiger partial charge >= 0.3 is 0 Å². The SMILES string of the molecule is COCC(=O)NC[C@H]1CO[C@@H]2CN(Cc3cc(C)ccc3C)C[C@H]12. The van der Waals surface area contributed by atoms with Gasteiger partial charge in [-0.2, -0.15) is 0 Å². The molecule has 1 amide bonds. The maximum Gasteiger partial charge on any atom is 0.245 e. The van der Waals surface area contributed by atoms with Gasteiger partial charge in [0.15, 0.2) is 0 Å². The molecule has 1 N–H and O–H groups in total. The highest BCUT2D eigenvalue weighted by molar-refractivity contribution is 5.77. The predicted molar refractivity (Wildman–Crippen MR) is 92.8 cm³/mol. The number of benzene rings is 1. The first-order chi connectivity index (χ1) is 11.6. The third kappa shape index (κ3) is 3.97. The van der Waals surface area contributed by atoms with E-state index in [1.54, 1.807) is 0 Å². The summed E-state index contributed by atoms with van der Waals surface area (Å²) in [6, 6.07) is 6.65. The third-order valence-electron chi connectivity index (χ3n) is 5.25. The maximum absolute atomic E-state index is 11.6. The Morgan fingerprint density at radius 2 is 2.21 bits per heavy atom. The van der Waals surface area contributed by atoms with Crippen LogP contribution in [0.2, 0.25) is 0 Å². The van der Waals surface area contributed by atoms with E-state index >= 15 is 0 Å². The molecule has 24 heavy (non-hydrogen) atoms. The van der Waals surface area contributed by atoms with Crippen molar-refractivity contribution in [3.05, 3.63) is 34.9 Å². The van der Waals surface area contributed by atoms with Crippen molar-refractivity contribution in [2.45, 2.75) is 26.5 Å². The van der Waals surface area contributed by atoms with E-state index in [4.69, 9.17) is 9.47 Å². The molecule has 0 spiro atoms. The smallest absolute Gasteiger partial charge is 0.245 e. The van der Waals surface area contributed by atoms with Gasteiger partial charge in [0.2, 0.25) is 5.91 Å². The van der Waals surface area contributed by atoms with Crippen LogP contribution in [0, 0.1) is 25.7 Å². The molecule has 0 bridgehead atoms. The highest BCUT2D eigenvalue weighted by atomic mass is 16.5. The molecule has 2 aliphatic heterocycles. The van der Waals surface area contributed by atoms with E-state index in [0.29, 0.717) is 24.5 Å². The van der Waals surface area contributed by atoms with E-state index in [1.165, 1.54) is 23.8 Å². The van der Waals surface area contributed by atoms with Crippen LogP contribution in [0.15, 0.2) is 18.2 Å². The summed E-state index contributed by atoms with van der Waals surface area (Å²) in [7, 11) is 1.54. The lowest BCUT2D eigenvalue weighted by molar-refractivity contribution is -0.124. The monoisotopic (exact) mass is 332 g/mol. The van der Waals surface area contributed by atoms with E-state index in [1.807, 2.05) is 0 Å². The van der Waals surface area contributed by atoms with E-state index < -0.39 is 0 Å². The molecule has 5 nitrogen and oxygen atoms in total. The minimum absolute atomic E-state index is 0.0498. The zero-order valence-corrected chi connectivity index (χ0v) is 14.9. The maximum atomic E-state index is 11.6. The van der Waals surface area contributed by atoms with Crippen molar-refractivity contribution in [1.29, 1.82) is 0 Å². The largest absolute Gasteiger partial charge is 0.376 e. The van der Waals surface area contributed by atoms with Gasteiger partial charge in [-0.1, -0.05) is 23.8 Å². The molecular weight excluding hydrogens is 304 g/mol. The molecule has 2 saturated heterocycles. The average molecular weight is 332 g/mol. The Morgan fingerprint density at radius 3 is 3.00 bits per heavy atom. The second kappa shape index (κ2) is 7.64. The molecule has 0 aromatic heterocycles. The summed E-state index contributed by atoms with van der Waals surface area (Å²) < 4.78 is 10.8. The Morgan fingerprint density at radius 1 is 1.38 bits per heavy atom. The molecule has 2 heterocycles. The van der Waals surface area contributed by atoms with Crippen LogP contribution in [0.3, 0.4) is 0 Å². The summed E-state index contributed by atoms with van der Waals surface area (Å²) >= 11 is 0. The highest BCUT2D eigenvalue weighted by Crippen LogP contribution is 2.34. The Balaban J connectivity index is 1.54. The van der Waals surface area contributed by atoms with Crippen LogP contribution in [0.25, 0.3) is 0 Å². The highest BCUT2D eigenvalue weighted by Gasteiger charge is 2.43. The molecule has 3 atom stereocenters. The van der Waals surface area contributed by atoms with Crippen LogP contribution in [0.5, 0.6) is 0 Å². The number of hydrogen-bond donors (Lipinski definition) is 1. The van der Waals surface area contributed by atoms with Crippen LogP contribution in [0.4, 0.5) is 0 Å². The van der Waals surface area contributed by atoms with E-state index in [-0.39, 0.29) is 12.5 Å². The zero-order chi connectivity index (χ0) is 17.1. The van der Waals surface area contributed by atoms with Crippen molar-refractivity contribution < 1.29 is 14.3 Å². The van der Waals surface area contributed by atoms with Crippen molar-refractivity contribution in [2.75, 3.05) is 40.0 Å². The summed E-state index contributed by atoms with van der Waals surface area (Å²) in [4.78, 5) is 14.1. The molecule has 0 radical (unpaired) electrons. The van der Waals surface area contributed by atoms with Gasteiger partial charge in [0.25, 0.3) is 0 Å². The number of amides is 1. The number of hydrogen-bond acceptors (Lipinski definition) is 4. The predicted octanol–water partition coefficient (Wildman–Crippen LogP) is 1.51. The van der Waals surface area contributed by atoms with Crippen LogP contribution in [-0.4, -0.2) is 56.9 Å². The lowest BCUT2D eigenvalue weighted by Gasteiger charge is -2.21. The fourth-order valence-electron chi connectivity index (χ4n) is 3.86. The third-order valence-corrected chi connectivity index (χ3v) is 5.25. The number of rotatable bonds is 6. The number of ether oxygens (including phenoxy) is 2. The first kappa shape index (κ1) is 17.4. The number of carbonyl (C=O) groups is 1. The van der Waals surface area contributed by atoms with Crippen LogP contribution in [0.1, 0.15) is 16.7 Å². The molecular formula is C19H28N2O3. The van der Waals surface area contributed by atoms with Crippen LogP contribution >= 0.6 is 0 Å². The number of carbonyl (C=O) groups excluding carboxylic acids is 1. The summed E-state index contributed by atoms with van der Waals surface area (Å²) in [6.07, 6.45) is 0.305. The fourth-order valence-corrected chi connectivity index (χ4v) is 3.86. The molecule has 3 rings (SSSR count). The van der Waals surface area contributed by atoms with E-state index in [2.05, 4.69) is 42.3 Å². The second-order valence-corrected chi connectivity index (χ2v) is 7.16. The number of nitrogens with zero attached hydrogens (tertiary/aromatic N) is 1. The normalized spacial score (nSPS) is 26.5. The van der Waals surface area contributed by atoms with Crippen molar-refractivity contribution in [2.24, 2.45) is 11.8 Å². The van der Waals surface area contributed by atoms with Gasteiger partial charge in [-0.3, -0.25) is 9.69 Å². The molecule has 2 aliphatic rings. The quantitative estimate of drug-likeness (QED) is 0.858. The Labute approximate surface area is 144 Å². The number of methoxy groups -OCH3 is 1. The number of fused-ring (bicyclic) bond motifs is 1. The molecule has 2 fully saturated rings. The van der Waals surface area contributed by atoms with Crippen molar-refractivity contribution in [1.82, 2.24) is 10.2 Å². The summed E-state index contributed by atoms with van der Waals surface area (Å²) in [5.74, 6) is 0.864. The average Bonchev–Trinajstić information content (AvgIpc) is 3.09. The minimum atomic E-state index is -0.0498. The first-order valence-electron chi connectivity index (χ1n) is 8.72. The number of likely N-dealkylation sites (tertiary alicyclic amines) is 1. The lowest BCUT2D eigenvalue weighted by atomic mass is 9.93. The topological polar surface area (TPSA) is 50.8 Å². The molecule has 0 unspecified atom stereocenters. The minimum Gasteiger partial charge on any atom is -0.376 e. The number of nitrogens with one attached hydrogen (secondary N) is 1. The van der Waals surface area contributed by atoms with Crippen molar-refractivity contribution >= 4 is 5.91 Å². The van der Waals surface area contributed by atoms with Gasteiger partial charge in [-0.05, 0) is 25.0 Å². The van der Waals surface area contributed by atoms with Crippen molar-refractivity contribution in [3.8, 4) is 0 Å². The summed E-state index contributed by atoms with van der Waals surface area (Å²) in [6.45, 7) is 8.89. The van der Waals surface area contributed by atoms with Gasteiger partial charge in [0.1, 0.15) is 6.61 Å². The van der Waals surface area contributed by atoms with Gasteiger partial charge < -0.3 is 14.8 Å². The summed E-state index contributed by atoms with van der Waals surface area (Å²) in [5, 5.41) is 2.96. The van der Waals surface area contributed by atoms with Crippen LogP contribution < -0.4 is 5.32 Å². The molecule has 132 valence electrons. The molecule has 5 heteroatoms. The second-order valence-electron chi connectivity index (χ2n) is 7.16. The Hall–Kier alpha value is -1.43. The number of aryl methyl sites for hydroxylation is 2. The van der Waals surface area contributed by atoms with Gasteiger partial charge in [0.05, 0.1) is 12.7 Å².